The van der Waals surface area contributed by atoms with E-state index in [1.807, 2.05) is 0 Å². The van der Waals surface area contributed by atoms with Crippen LogP contribution in [0.3, 0.4) is 0 Å². The quantitative estimate of drug-likeness (QED) is 0.636. The summed E-state index contributed by atoms with van der Waals surface area (Å²) < 4.78 is 11.3. The monoisotopic (exact) mass is 474 g/mol. The van der Waals surface area contributed by atoms with Crippen molar-refractivity contribution in [2.24, 2.45) is 5.92 Å². The van der Waals surface area contributed by atoms with Crippen LogP contribution in [0.4, 0.5) is 0 Å². The number of halogens is 1. The van der Waals surface area contributed by atoms with Crippen molar-refractivity contribution >= 4 is 23.4 Å². The van der Waals surface area contributed by atoms with E-state index in [4.69, 9.17) is 20.8 Å². The third-order valence-electron chi connectivity index (χ3n) is 6.90. The summed E-state index contributed by atoms with van der Waals surface area (Å²) in [6, 6.07) is 3.72. The molecule has 176 valence electrons. The van der Waals surface area contributed by atoms with Gasteiger partial charge in [0, 0.05) is 12.7 Å². The van der Waals surface area contributed by atoms with E-state index >= 15 is 0 Å². The lowest BCUT2D eigenvalue weighted by Crippen LogP contribution is -2.56. The molecule has 2 aromatic heterocycles. The number of rotatable bonds is 5. The molecule has 10 heteroatoms. The number of nitrogens with zero attached hydrogens (tertiary/aromatic N) is 3. The second-order valence-corrected chi connectivity index (χ2v) is 9.53. The zero-order chi connectivity index (χ0) is 22.9. The first kappa shape index (κ1) is 22.3. The standard InChI is InChI=1S/C23H27ClN4O5/c24-14-10-28(20-16(29)11-32-21(14)20)23(31)19(13-4-2-1-3-5-13)27-22(30)18-7-6-17(33-18)15-8-9-25-12-26-15/h6-9,12-14,16,19-21,29H,1-5,10-11H2,(H,27,30)/t14-,16-,19-,20+,21+/m0/s1. The molecule has 0 aromatic carbocycles. The number of hydrogen-bond acceptors (Lipinski definition) is 7. The molecule has 5 rings (SSSR count). The molecule has 1 aliphatic carbocycles. The van der Waals surface area contributed by atoms with Gasteiger partial charge in [-0.15, -0.1) is 11.6 Å². The average Bonchev–Trinajstić information content (AvgIpc) is 3.56. The minimum Gasteiger partial charge on any atom is -0.449 e. The van der Waals surface area contributed by atoms with Crippen LogP contribution in [0.5, 0.6) is 0 Å². The minimum absolute atomic E-state index is 0.0128. The Morgan fingerprint density at radius 2 is 2.03 bits per heavy atom. The van der Waals surface area contributed by atoms with Crippen LogP contribution in [0.15, 0.2) is 35.1 Å². The molecule has 1 saturated carbocycles. The van der Waals surface area contributed by atoms with Crippen LogP contribution in [-0.2, 0) is 9.53 Å². The molecule has 0 unspecified atom stereocenters. The number of ether oxygens (including phenoxy) is 1. The summed E-state index contributed by atoms with van der Waals surface area (Å²) in [7, 11) is 0. The Hall–Kier alpha value is -2.49. The third kappa shape index (κ3) is 4.37. The van der Waals surface area contributed by atoms with Gasteiger partial charge in [0.15, 0.2) is 11.5 Å². The summed E-state index contributed by atoms with van der Waals surface area (Å²) in [5, 5.41) is 13.0. The zero-order valence-electron chi connectivity index (χ0n) is 18.1. The van der Waals surface area contributed by atoms with Gasteiger partial charge in [0.05, 0.1) is 24.1 Å². The van der Waals surface area contributed by atoms with Gasteiger partial charge in [-0.2, -0.15) is 0 Å². The summed E-state index contributed by atoms with van der Waals surface area (Å²) in [6.07, 6.45) is 6.67. The molecule has 2 N–H and O–H groups in total. The third-order valence-corrected chi connectivity index (χ3v) is 7.29. The molecule has 3 fully saturated rings. The topological polar surface area (TPSA) is 118 Å². The molecule has 4 heterocycles. The van der Waals surface area contributed by atoms with Crippen LogP contribution < -0.4 is 5.32 Å². The van der Waals surface area contributed by atoms with E-state index in [2.05, 4.69) is 15.3 Å². The minimum atomic E-state index is -0.786. The summed E-state index contributed by atoms with van der Waals surface area (Å²) in [5.74, 6) is -0.113. The number of fused-ring (bicyclic) bond motifs is 1. The van der Waals surface area contributed by atoms with E-state index in [0.29, 0.717) is 11.5 Å². The average molecular weight is 475 g/mol. The van der Waals surface area contributed by atoms with Gasteiger partial charge >= 0.3 is 0 Å². The van der Waals surface area contributed by atoms with Gasteiger partial charge in [-0.05, 0) is 37.0 Å². The highest BCUT2D eigenvalue weighted by Crippen LogP contribution is 2.35. The number of aliphatic hydroxyl groups is 1. The molecule has 0 spiro atoms. The fourth-order valence-electron chi connectivity index (χ4n) is 5.25. The van der Waals surface area contributed by atoms with Crippen molar-refractivity contribution in [2.75, 3.05) is 13.2 Å². The van der Waals surface area contributed by atoms with Gasteiger partial charge < -0.3 is 24.5 Å². The number of likely N-dealkylation sites (tertiary alicyclic amines) is 1. The molecular weight excluding hydrogens is 448 g/mol. The maximum absolute atomic E-state index is 13.7. The second-order valence-electron chi connectivity index (χ2n) is 8.97. The van der Waals surface area contributed by atoms with Gasteiger partial charge in [0.1, 0.15) is 24.2 Å². The number of aliphatic hydroxyl groups excluding tert-OH is 1. The zero-order valence-corrected chi connectivity index (χ0v) is 18.9. The van der Waals surface area contributed by atoms with E-state index in [0.717, 1.165) is 32.1 Å². The fraction of sp³-hybridized carbons (Fsp3) is 0.565. The van der Waals surface area contributed by atoms with Gasteiger partial charge in [-0.3, -0.25) is 9.59 Å². The van der Waals surface area contributed by atoms with E-state index in [-0.39, 0.29) is 36.1 Å². The Kier molecular flexibility index (Phi) is 6.36. The molecular formula is C23H27ClN4O5. The summed E-state index contributed by atoms with van der Waals surface area (Å²) in [5.41, 5.74) is 0.565. The number of nitrogens with one attached hydrogen (secondary N) is 1. The molecule has 2 saturated heterocycles. The Morgan fingerprint density at radius 1 is 1.21 bits per heavy atom. The van der Waals surface area contributed by atoms with Crippen LogP contribution in [-0.4, -0.2) is 74.6 Å². The van der Waals surface area contributed by atoms with Crippen molar-refractivity contribution in [1.82, 2.24) is 20.2 Å². The van der Waals surface area contributed by atoms with Gasteiger partial charge in [0.25, 0.3) is 5.91 Å². The predicted octanol–water partition coefficient (Wildman–Crippen LogP) is 1.99. The second kappa shape index (κ2) is 9.40. The van der Waals surface area contributed by atoms with Crippen molar-refractivity contribution in [1.29, 1.82) is 0 Å². The lowest BCUT2D eigenvalue weighted by molar-refractivity contribution is -0.137. The lowest BCUT2D eigenvalue weighted by atomic mass is 9.83. The molecule has 0 radical (unpaired) electrons. The van der Waals surface area contributed by atoms with Crippen molar-refractivity contribution in [2.45, 2.75) is 61.8 Å². The number of carbonyl (C=O) groups excluding carboxylic acids is 2. The molecule has 0 bridgehead atoms. The number of amides is 2. The molecule has 5 atom stereocenters. The first-order chi connectivity index (χ1) is 16.0. The number of carbonyl (C=O) groups is 2. The number of furan rings is 1. The van der Waals surface area contributed by atoms with Crippen LogP contribution in [0.1, 0.15) is 42.7 Å². The first-order valence-electron chi connectivity index (χ1n) is 11.4. The Balaban J connectivity index is 1.36. The SMILES string of the molecule is O=C(N[C@H](C(=O)N1C[C@H](Cl)[C@H]2OC[C@H](O)[C@H]21)C1CCCCC1)c1ccc(-c2ccncn2)o1. The molecule has 33 heavy (non-hydrogen) atoms. The predicted molar refractivity (Wildman–Crippen MR) is 118 cm³/mol. The van der Waals surface area contributed by atoms with E-state index < -0.39 is 30.2 Å². The van der Waals surface area contributed by atoms with Crippen LogP contribution in [0, 0.1) is 5.92 Å². The molecule has 2 aromatic rings. The molecule has 9 nitrogen and oxygen atoms in total. The van der Waals surface area contributed by atoms with Gasteiger partial charge in [0.2, 0.25) is 5.91 Å². The van der Waals surface area contributed by atoms with Crippen LogP contribution >= 0.6 is 11.6 Å². The number of aromatic nitrogens is 2. The normalized spacial score (nSPS) is 28.5. The maximum atomic E-state index is 13.7. The number of alkyl halides is 1. The largest absolute Gasteiger partial charge is 0.449 e. The van der Waals surface area contributed by atoms with E-state index in [1.54, 1.807) is 29.3 Å². The Labute approximate surface area is 196 Å². The summed E-state index contributed by atoms with van der Waals surface area (Å²) in [4.78, 5) is 36.4. The molecule has 2 aliphatic heterocycles. The Morgan fingerprint density at radius 3 is 2.79 bits per heavy atom. The Bertz CT molecular complexity index is 996. The van der Waals surface area contributed by atoms with Crippen LogP contribution in [0.25, 0.3) is 11.5 Å². The van der Waals surface area contributed by atoms with Crippen molar-refractivity contribution < 1.29 is 23.8 Å². The molecule has 2 amide bonds. The number of hydrogen-bond donors (Lipinski definition) is 2. The highest BCUT2D eigenvalue weighted by molar-refractivity contribution is 6.21. The molecule has 3 aliphatic rings. The lowest BCUT2D eigenvalue weighted by Gasteiger charge is -2.35. The smallest absolute Gasteiger partial charge is 0.287 e. The van der Waals surface area contributed by atoms with Crippen molar-refractivity contribution in [3.05, 3.63) is 36.5 Å². The summed E-state index contributed by atoms with van der Waals surface area (Å²) >= 11 is 6.43. The highest BCUT2D eigenvalue weighted by atomic mass is 35.5. The summed E-state index contributed by atoms with van der Waals surface area (Å²) in [6.45, 7) is 0.436. The first-order valence-corrected chi connectivity index (χ1v) is 11.9. The van der Waals surface area contributed by atoms with Crippen molar-refractivity contribution in [3.8, 4) is 11.5 Å². The van der Waals surface area contributed by atoms with Gasteiger partial charge in [-0.1, -0.05) is 19.3 Å². The highest BCUT2D eigenvalue weighted by Gasteiger charge is 2.53. The van der Waals surface area contributed by atoms with Crippen molar-refractivity contribution in [3.63, 3.8) is 0 Å². The van der Waals surface area contributed by atoms with E-state index in [9.17, 15) is 14.7 Å². The fourth-order valence-corrected chi connectivity index (χ4v) is 5.62. The van der Waals surface area contributed by atoms with E-state index in [1.165, 1.54) is 6.33 Å². The van der Waals surface area contributed by atoms with Crippen LogP contribution in [0.2, 0.25) is 0 Å². The van der Waals surface area contributed by atoms with Gasteiger partial charge in [-0.25, -0.2) is 9.97 Å². The maximum Gasteiger partial charge on any atom is 0.287 e.